The van der Waals surface area contributed by atoms with Crippen molar-refractivity contribution in [3.8, 4) is 0 Å². The Balaban J connectivity index is 2.10. The fraction of sp³-hybridized carbons (Fsp3) is 0.500. The molecule has 0 saturated carbocycles. The van der Waals surface area contributed by atoms with Crippen LogP contribution in [0.1, 0.15) is 19.3 Å². The number of methoxy groups -OCH3 is 1. The molecule has 0 amide bonds. The van der Waals surface area contributed by atoms with E-state index in [9.17, 15) is 0 Å². The summed E-state index contributed by atoms with van der Waals surface area (Å²) in [6, 6.07) is 7.84. The first-order chi connectivity index (χ1) is 7.33. The second-order valence-electron chi connectivity index (χ2n) is 3.61. The van der Waals surface area contributed by atoms with Crippen LogP contribution >= 0.6 is 0 Å². The van der Waals surface area contributed by atoms with E-state index in [0.717, 1.165) is 37.4 Å². The predicted molar refractivity (Wildman–Crippen MR) is 65.1 cm³/mol. The molecule has 0 aliphatic carbocycles. The quantitative estimate of drug-likeness (QED) is 0.534. The minimum absolute atomic E-state index is 0.805. The zero-order valence-corrected chi connectivity index (χ0v) is 9.33. The van der Waals surface area contributed by atoms with Gasteiger partial charge in [-0.2, -0.15) is 0 Å². The van der Waals surface area contributed by atoms with Crippen molar-refractivity contribution in [2.24, 2.45) is 0 Å². The van der Waals surface area contributed by atoms with E-state index in [2.05, 4.69) is 5.32 Å². The van der Waals surface area contributed by atoms with Crippen LogP contribution in [0.5, 0.6) is 0 Å². The van der Waals surface area contributed by atoms with E-state index in [1.54, 1.807) is 7.11 Å². The Bertz CT molecular complexity index is 276. The molecular weight excluding hydrogens is 188 g/mol. The maximum atomic E-state index is 5.67. The SMILES string of the molecule is COCCCCCNc1cccc(N)c1. The molecule has 15 heavy (non-hydrogen) atoms. The summed E-state index contributed by atoms with van der Waals surface area (Å²) in [5.74, 6) is 0. The zero-order chi connectivity index (χ0) is 10.9. The number of hydrogen-bond donors (Lipinski definition) is 2. The number of unbranched alkanes of at least 4 members (excludes halogenated alkanes) is 2. The Morgan fingerprint density at radius 3 is 2.87 bits per heavy atom. The number of rotatable bonds is 7. The summed E-state index contributed by atoms with van der Waals surface area (Å²) in [4.78, 5) is 0. The van der Waals surface area contributed by atoms with Crippen LogP contribution in [0.4, 0.5) is 11.4 Å². The van der Waals surface area contributed by atoms with Crippen LogP contribution < -0.4 is 11.1 Å². The van der Waals surface area contributed by atoms with Crippen molar-refractivity contribution < 1.29 is 4.74 Å². The average molecular weight is 208 g/mol. The summed E-state index contributed by atoms with van der Waals surface area (Å²) >= 11 is 0. The summed E-state index contributed by atoms with van der Waals surface area (Å²) in [5, 5.41) is 3.34. The van der Waals surface area contributed by atoms with Gasteiger partial charge in [-0.1, -0.05) is 6.07 Å². The highest BCUT2D eigenvalue weighted by atomic mass is 16.5. The van der Waals surface area contributed by atoms with E-state index in [1.807, 2.05) is 24.3 Å². The maximum absolute atomic E-state index is 5.67. The topological polar surface area (TPSA) is 47.3 Å². The van der Waals surface area contributed by atoms with Gasteiger partial charge < -0.3 is 15.8 Å². The molecule has 0 radical (unpaired) electrons. The molecule has 0 aromatic heterocycles. The van der Waals surface area contributed by atoms with E-state index in [4.69, 9.17) is 10.5 Å². The number of ether oxygens (including phenoxy) is 1. The average Bonchev–Trinajstić information content (AvgIpc) is 2.23. The molecule has 3 nitrogen and oxygen atoms in total. The van der Waals surface area contributed by atoms with E-state index in [-0.39, 0.29) is 0 Å². The van der Waals surface area contributed by atoms with Gasteiger partial charge in [0.25, 0.3) is 0 Å². The molecule has 0 saturated heterocycles. The largest absolute Gasteiger partial charge is 0.399 e. The van der Waals surface area contributed by atoms with Crippen molar-refractivity contribution in [2.45, 2.75) is 19.3 Å². The molecule has 0 unspecified atom stereocenters. The molecule has 0 heterocycles. The van der Waals surface area contributed by atoms with Gasteiger partial charge >= 0.3 is 0 Å². The lowest BCUT2D eigenvalue weighted by Crippen LogP contribution is -2.02. The third kappa shape index (κ3) is 5.27. The second kappa shape index (κ2) is 7.12. The molecule has 0 spiro atoms. The number of anilines is 2. The maximum Gasteiger partial charge on any atom is 0.0462 e. The van der Waals surface area contributed by atoms with Crippen molar-refractivity contribution in [1.82, 2.24) is 0 Å². The Morgan fingerprint density at radius 2 is 2.13 bits per heavy atom. The van der Waals surface area contributed by atoms with Gasteiger partial charge in [0.2, 0.25) is 0 Å². The second-order valence-corrected chi connectivity index (χ2v) is 3.61. The van der Waals surface area contributed by atoms with Crippen molar-refractivity contribution in [1.29, 1.82) is 0 Å². The summed E-state index contributed by atoms with van der Waals surface area (Å²) in [7, 11) is 1.74. The third-order valence-corrected chi connectivity index (χ3v) is 2.24. The smallest absolute Gasteiger partial charge is 0.0462 e. The number of benzene rings is 1. The fourth-order valence-electron chi connectivity index (χ4n) is 1.43. The Labute approximate surface area is 91.6 Å². The highest BCUT2D eigenvalue weighted by Gasteiger charge is 1.92. The van der Waals surface area contributed by atoms with Crippen LogP contribution in [0.25, 0.3) is 0 Å². The van der Waals surface area contributed by atoms with Gasteiger partial charge in [0.05, 0.1) is 0 Å². The zero-order valence-electron chi connectivity index (χ0n) is 9.33. The van der Waals surface area contributed by atoms with Crippen LogP contribution in [-0.4, -0.2) is 20.3 Å². The highest BCUT2D eigenvalue weighted by molar-refractivity contribution is 5.53. The van der Waals surface area contributed by atoms with Gasteiger partial charge in [0.1, 0.15) is 0 Å². The number of nitrogens with two attached hydrogens (primary N) is 1. The lowest BCUT2D eigenvalue weighted by atomic mass is 10.2. The predicted octanol–water partition coefficient (Wildman–Crippen LogP) is 2.50. The molecule has 1 aromatic rings. The molecule has 84 valence electrons. The number of nitrogen functional groups attached to an aromatic ring is 1. The summed E-state index contributed by atoms with van der Waals surface area (Å²) in [6.45, 7) is 1.85. The third-order valence-electron chi connectivity index (χ3n) is 2.24. The van der Waals surface area contributed by atoms with Gasteiger partial charge in [0, 0.05) is 31.6 Å². The van der Waals surface area contributed by atoms with Crippen LogP contribution in [0.2, 0.25) is 0 Å². The standard InChI is InChI=1S/C12H20N2O/c1-15-9-4-2-3-8-14-12-7-5-6-11(13)10-12/h5-7,10,14H,2-4,8-9,13H2,1H3. The van der Waals surface area contributed by atoms with E-state index < -0.39 is 0 Å². The molecule has 3 N–H and O–H groups in total. The monoisotopic (exact) mass is 208 g/mol. The first kappa shape index (κ1) is 11.9. The number of nitrogens with one attached hydrogen (secondary N) is 1. The van der Waals surface area contributed by atoms with Crippen molar-refractivity contribution in [3.05, 3.63) is 24.3 Å². The molecule has 0 atom stereocenters. The van der Waals surface area contributed by atoms with Gasteiger partial charge in [0.15, 0.2) is 0 Å². The molecule has 1 aromatic carbocycles. The Morgan fingerprint density at radius 1 is 1.27 bits per heavy atom. The molecule has 0 aliphatic rings. The van der Waals surface area contributed by atoms with Crippen molar-refractivity contribution in [2.75, 3.05) is 31.3 Å². The first-order valence-electron chi connectivity index (χ1n) is 5.41. The lowest BCUT2D eigenvalue weighted by Gasteiger charge is -2.06. The van der Waals surface area contributed by atoms with Crippen LogP contribution in [0.15, 0.2) is 24.3 Å². The minimum atomic E-state index is 0.805. The molecule has 0 bridgehead atoms. The Kier molecular flexibility index (Phi) is 5.63. The molecule has 0 aliphatic heterocycles. The van der Waals surface area contributed by atoms with Gasteiger partial charge in [-0.3, -0.25) is 0 Å². The van der Waals surface area contributed by atoms with E-state index in [1.165, 1.54) is 6.42 Å². The first-order valence-corrected chi connectivity index (χ1v) is 5.41. The van der Waals surface area contributed by atoms with E-state index in [0.29, 0.717) is 0 Å². The molecule has 3 heteroatoms. The van der Waals surface area contributed by atoms with Crippen LogP contribution in [0.3, 0.4) is 0 Å². The summed E-state index contributed by atoms with van der Waals surface area (Å²) in [6.07, 6.45) is 3.50. The highest BCUT2D eigenvalue weighted by Crippen LogP contribution is 2.11. The minimum Gasteiger partial charge on any atom is -0.399 e. The fourth-order valence-corrected chi connectivity index (χ4v) is 1.43. The van der Waals surface area contributed by atoms with Crippen molar-refractivity contribution >= 4 is 11.4 Å². The molecule has 0 fully saturated rings. The van der Waals surface area contributed by atoms with Crippen LogP contribution in [-0.2, 0) is 4.74 Å². The van der Waals surface area contributed by atoms with Gasteiger partial charge in [-0.25, -0.2) is 0 Å². The van der Waals surface area contributed by atoms with Crippen LogP contribution in [0, 0.1) is 0 Å². The summed E-state index contributed by atoms with van der Waals surface area (Å²) in [5.41, 5.74) is 7.58. The Hall–Kier alpha value is -1.22. The number of hydrogen-bond acceptors (Lipinski definition) is 3. The van der Waals surface area contributed by atoms with Crippen molar-refractivity contribution in [3.63, 3.8) is 0 Å². The van der Waals surface area contributed by atoms with Gasteiger partial charge in [-0.15, -0.1) is 0 Å². The van der Waals surface area contributed by atoms with E-state index >= 15 is 0 Å². The summed E-state index contributed by atoms with van der Waals surface area (Å²) < 4.78 is 4.99. The van der Waals surface area contributed by atoms with Gasteiger partial charge in [-0.05, 0) is 37.5 Å². The lowest BCUT2D eigenvalue weighted by molar-refractivity contribution is 0.192. The molecular formula is C12H20N2O. The normalized spacial score (nSPS) is 10.2. The molecule has 1 rings (SSSR count).